The second kappa shape index (κ2) is 7.23. The fourth-order valence-electron chi connectivity index (χ4n) is 3.32. The average molecular weight is 343 g/mol. The molecule has 2 aromatic rings. The van der Waals surface area contributed by atoms with Crippen LogP contribution in [0.5, 0.6) is 0 Å². The molecule has 0 radical (unpaired) electrons. The van der Waals surface area contributed by atoms with Gasteiger partial charge in [0.2, 0.25) is 0 Å². The predicted molar refractivity (Wildman–Crippen MR) is 95.9 cm³/mol. The molecule has 0 amide bonds. The van der Waals surface area contributed by atoms with Crippen LogP contribution >= 0.6 is 0 Å². The molecular weight excluding hydrogens is 321 g/mol. The number of hydrogen-bond acceptors (Lipinski definition) is 6. The molecule has 0 aliphatic carbocycles. The van der Waals surface area contributed by atoms with Crippen LogP contribution in [0, 0.1) is 5.82 Å². The second-order valence-electron chi connectivity index (χ2n) is 6.28. The molecule has 0 saturated carbocycles. The smallest absolute Gasteiger partial charge is 0.134 e. The summed E-state index contributed by atoms with van der Waals surface area (Å²) in [5, 5.41) is 0. The largest absolute Gasteiger partial charge is 0.378 e. The number of rotatable bonds is 3. The van der Waals surface area contributed by atoms with Crippen LogP contribution in [0.15, 0.2) is 36.7 Å². The van der Waals surface area contributed by atoms with Crippen molar-refractivity contribution in [3.8, 4) is 0 Å². The molecule has 0 atom stereocenters. The standard InChI is InChI=1S/C18H22FN5O/c19-15-1-3-16(4-2-15)22-5-7-23(8-6-22)17-13-18(21-14-20-17)24-9-11-25-12-10-24/h1-4,13-14H,5-12H2. The Balaban J connectivity index is 1.41. The quantitative estimate of drug-likeness (QED) is 0.847. The van der Waals surface area contributed by atoms with E-state index >= 15 is 0 Å². The fourth-order valence-corrected chi connectivity index (χ4v) is 3.32. The summed E-state index contributed by atoms with van der Waals surface area (Å²) in [6, 6.07) is 8.78. The van der Waals surface area contributed by atoms with Gasteiger partial charge in [0.25, 0.3) is 0 Å². The Morgan fingerprint density at radius 1 is 0.760 bits per heavy atom. The molecule has 2 fully saturated rings. The highest BCUT2D eigenvalue weighted by Gasteiger charge is 2.20. The molecule has 7 heteroatoms. The number of halogens is 1. The van der Waals surface area contributed by atoms with Gasteiger partial charge in [-0.1, -0.05) is 0 Å². The summed E-state index contributed by atoms with van der Waals surface area (Å²) in [6.07, 6.45) is 1.65. The van der Waals surface area contributed by atoms with Crippen LogP contribution in [0.4, 0.5) is 21.7 Å². The Kier molecular flexibility index (Phi) is 4.65. The lowest BCUT2D eigenvalue weighted by Crippen LogP contribution is -2.47. The molecular formula is C18H22FN5O. The van der Waals surface area contributed by atoms with Crippen molar-refractivity contribution in [2.75, 3.05) is 67.2 Å². The minimum Gasteiger partial charge on any atom is -0.378 e. The maximum absolute atomic E-state index is 13.1. The van der Waals surface area contributed by atoms with Crippen LogP contribution < -0.4 is 14.7 Å². The molecule has 0 N–H and O–H groups in total. The van der Waals surface area contributed by atoms with Crippen molar-refractivity contribution in [3.05, 3.63) is 42.5 Å². The number of ether oxygens (including phenoxy) is 1. The van der Waals surface area contributed by atoms with E-state index in [4.69, 9.17) is 4.74 Å². The van der Waals surface area contributed by atoms with Crippen molar-refractivity contribution in [2.24, 2.45) is 0 Å². The molecule has 0 unspecified atom stereocenters. The Morgan fingerprint density at radius 3 is 1.96 bits per heavy atom. The summed E-state index contributed by atoms with van der Waals surface area (Å²) in [6.45, 7) is 6.79. The summed E-state index contributed by atoms with van der Waals surface area (Å²) in [7, 11) is 0. The topological polar surface area (TPSA) is 44.7 Å². The number of benzene rings is 1. The van der Waals surface area contributed by atoms with Crippen molar-refractivity contribution < 1.29 is 9.13 Å². The van der Waals surface area contributed by atoms with Gasteiger partial charge in [0.05, 0.1) is 13.2 Å². The minimum atomic E-state index is -0.195. The molecule has 6 nitrogen and oxygen atoms in total. The van der Waals surface area contributed by atoms with Crippen LogP contribution in [0.25, 0.3) is 0 Å². The van der Waals surface area contributed by atoms with Crippen LogP contribution in [-0.4, -0.2) is 62.5 Å². The molecule has 132 valence electrons. The third-order valence-corrected chi connectivity index (χ3v) is 4.77. The average Bonchev–Trinajstić information content (AvgIpc) is 2.70. The van der Waals surface area contributed by atoms with Crippen LogP contribution in [0.2, 0.25) is 0 Å². The van der Waals surface area contributed by atoms with Gasteiger partial charge in [0, 0.05) is 51.0 Å². The number of morpholine rings is 1. The Hall–Kier alpha value is -2.41. The molecule has 3 heterocycles. The van der Waals surface area contributed by atoms with Crippen LogP contribution in [-0.2, 0) is 4.74 Å². The number of anilines is 3. The van der Waals surface area contributed by atoms with Crippen molar-refractivity contribution in [1.29, 1.82) is 0 Å². The van der Waals surface area contributed by atoms with E-state index in [2.05, 4.69) is 30.7 Å². The first-order valence-corrected chi connectivity index (χ1v) is 8.70. The summed E-state index contributed by atoms with van der Waals surface area (Å²) in [4.78, 5) is 15.7. The Morgan fingerprint density at radius 2 is 1.32 bits per heavy atom. The highest BCUT2D eigenvalue weighted by atomic mass is 19.1. The first kappa shape index (κ1) is 16.1. The first-order valence-electron chi connectivity index (χ1n) is 8.70. The van der Waals surface area contributed by atoms with Crippen molar-refractivity contribution in [3.63, 3.8) is 0 Å². The molecule has 0 spiro atoms. The van der Waals surface area contributed by atoms with Gasteiger partial charge < -0.3 is 19.4 Å². The Bertz CT molecular complexity index is 697. The summed E-state index contributed by atoms with van der Waals surface area (Å²) in [5.41, 5.74) is 1.07. The molecule has 2 saturated heterocycles. The summed E-state index contributed by atoms with van der Waals surface area (Å²) in [5.74, 6) is 1.74. The molecule has 0 bridgehead atoms. The second-order valence-corrected chi connectivity index (χ2v) is 6.28. The van der Waals surface area contributed by atoms with Gasteiger partial charge >= 0.3 is 0 Å². The van der Waals surface area contributed by atoms with E-state index in [9.17, 15) is 4.39 Å². The zero-order valence-electron chi connectivity index (χ0n) is 14.1. The first-order chi connectivity index (χ1) is 12.3. The zero-order valence-corrected chi connectivity index (χ0v) is 14.1. The monoisotopic (exact) mass is 343 g/mol. The van der Waals surface area contributed by atoms with Gasteiger partial charge in [0.15, 0.2) is 0 Å². The normalized spacial score (nSPS) is 18.5. The highest BCUT2D eigenvalue weighted by Crippen LogP contribution is 2.22. The molecule has 25 heavy (non-hydrogen) atoms. The Labute approximate surface area is 146 Å². The van der Waals surface area contributed by atoms with Crippen LogP contribution in [0.1, 0.15) is 0 Å². The minimum absolute atomic E-state index is 0.195. The third kappa shape index (κ3) is 3.66. The molecule has 4 rings (SSSR count). The van der Waals surface area contributed by atoms with Gasteiger partial charge in [-0.25, -0.2) is 14.4 Å². The number of aromatic nitrogens is 2. The van der Waals surface area contributed by atoms with E-state index in [1.807, 2.05) is 12.1 Å². The van der Waals surface area contributed by atoms with Gasteiger partial charge in [-0.3, -0.25) is 0 Å². The van der Waals surface area contributed by atoms with Crippen molar-refractivity contribution >= 4 is 17.3 Å². The SMILES string of the molecule is Fc1ccc(N2CCN(c3cc(N4CCOCC4)ncn3)CC2)cc1. The van der Waals surface area contributed by atoms with Crippen LogP contribution in [0.3, 0.4) is 0 Å². The summed E-state index contributed by atoms with van der Waals surface area (Å²) < 4.78 is 18.5. The van der Waals surface area contributed by atoms with Crippen molar-refractivity contribution in [2.45, 2.75) is 0 Å². The predicted octanol–water partition coefficient (Wildman–Crippen LogP) is 1.78. The van der Waals surface area contributed by atoms with Gasteiger partial charge in [-0.15, -0.1) is 0 Å². The molecule has 2 aliphatic rings. The zero-order chi connectivity index (χ0) is 17.1. The molecule has 1 aromatic carbocycles. The van der Waals surface area contributed by atoms with E-state index in [0.29, 0.717) is 0 Å². The van der Waals surface area contributed by atoms with Gasteiger partial charge in [-0.2, -0.15) is 0 Å². The number of hydrogen-bond donors (Lipinski definition) is 0. The van der Waals surface area contributed by atoms with Crippen molar-refractivity contribution in [1.82, 2.24) is 9.97 Å². The maximum Gasteiger partial charge on any atom is 0.134 e. The van der Waals surface area contributed by atoms with E-state index in [1.165, 1.54) is 12.1 Å². The van der Waals surface area contributed by atoms with E-state index in [0.717, 1.165) is 69.8 Å². The number of piperazine rings is 1. The number of nitrogens with zero attached hydrogens (tertiary/aromatic N) is 5. The van der Waals surface area contributed by atoms with E-state index in [-0.39, 0.29) is 5.82 Å². The molecule has 1 aromatic heterocycles. The lowest BCUT2D eigenvalue weighted by molar-refractivity contribution is 0.122. The lowest BCUT2D eigenvalue weighted by Gasteiger charge is -2.37. The summed E-state index contributed by atoms with van der Waals surface area (Å²) >= 11 is 0. The maximum atomic E-state index is 13.1. The van der Waals surface area contributed by atoms with Gasteiger partial charge in [0.1, 0.15) is 23.8 Å². The molecule has 2 aliphatic heterocycles. The van der Waals surface area contributed by atoms with E-state index in [1.54, 1.807) is 6.33 Å². The fraction of sp³-hybridized carbons (Fsp3) is 0.444. The lowest BCUT2D eigenvalue weighted by atomic mass is 10.2. The third-order valence-electron chi connectivity index (χ3n) is 4.77. The van der Waals surface area contributed by atoms with E-state index < -0.39 is 0 Å². The van der Waals surface area contributed by atoms with Gasteiger partial charge in [-0.05, 0) is 24.3 Å². The highest BCUT2D eigenvalue weighted by molar-refractivity contribution is 5.53.